The predicted octanol–water partition coefficient (Wildman–Crippen LogP) is -0.439. The molecule has 1 aromatic heterocycles. The van der Waals surface area contributed by atoms with Gasteiger partial charge in [0.25, 0.3) is 0 Å². The minimum atomic E-state index is 0.0932. The zero-order valence-corrected chi connectivity index (χ0v) is 8.60. The van der Waals surface area contributed by atoms with Crippen LogP contribution in [-0.4, -0.2) is 47.5 Å². The fourth-order valence-electron chi connectivity index (χ4n) is 0.981. The Morgan fingerprint density at radius 2 is 2.36 bits per heavy atom. The largest absolute Gasteiger partial charge is 0.348 e. The van der Waals surface area contributed by atoms with Gasteiger partial charge in [-0.3, -0.25) is 4.79 Å². The van der Waals surface area contributed by atoms with E-state index in [0.717, 1.165) is 13.1 Å². The van der Waals surface area contributed by atoms with Crippen LogP contribution >= 0.6 is 0 Å². The SMILES string of the molecule is CN(C)C(=O)CNCCn1ccnc1. The molecule has 1 heterocycles. The summed E-state index contributed by atoms with van der Waals surface area (Å²) >= 11 is 0. The lowest BCUT2D eigenvalue weighted by Crippen LogP contribution is -2.34. The Kier molecular flexibility index (Phi) is 4.12. The standard InChI is InChI=1S/C9H16N4O/c1-12(2)9(14)7-10-3-5-13-6-4-11-8-13/h4,6,8,10H,3,5,7H2,1-2H3. The first-order chi connectivity index (χ1) is 6.70. The van der Waals surface area contributed by atoms with Crippen molar-refractivity contribution in [3.8, 4) is 0 Å². The summed E-state index contributed by atoms with van der Waals surface area (Å²) in [6.07, 6.45) is 5.40. The van der Waals surface area contributed by atoms with Gasteiger partial charge < -0.3 is 14.8 Å². The maximum Gasteiger partial charge on any atom is 0.236 e. The van der Waals surface area contributed by atoms with E-state index < -0.39 is 0 Å². The lowest BCUT2D eigenvalue weighted by atomic mass is 10.5. The van der Waals surface area contributed by atoms with E-state index in [0.29, 0.717) is 6.54 Å². The summed E-state index contributed by atoms with van der Waals surface area (Å²) in [6.45, 7) is 2.00. The van der Waals surface area contributed by atoms with Crippen LogP contribution in [0, 0.1) is 0 Å². The fourth-order valence-corrected chi connectivity index (χ4v) is 0.981. The number of amides is 1. The average Bonchev–Trinajstić information content (AvgIpc) is 2.64. The first kappa shape index (κ1) is 10.7. The first-order valence-electron chi connectivity index (χ1n) is 4.57. The Balaban J connectivity index is 2.08. The number of imidazole rings is 1. The van der Waals surface area contributed by atoms with Crippen molar-refractivity contribution < 1.29 is 4.79 Å². The van der Waals surface area contributed by atoms with E-state index in [-0.39, 0.29) is 5.91 Å². The van der Waals surface area contributed by atoms with Crippen molar-refractivity contribution >= 4 is 5.91 Å². The number of nitrogens with zero attached hydrogens (tertiary/aromatic N) is 3. The normalized spacial score (nSPS) is 10.1. The molecule has 0 spiro atoms. The quantitative estimate of drug-likeness (QED) is 0.650. The zero-order chi connectivity index (χ0) is 10.4. The maximum absolute atomic E-state index is 11.1. The van der Waals surface area contributed by atoms with Gasteiger partial charge >= 0.3 is 0 Å². The molecule has 5 heteroatoms. The highest BCUT2D eigenvalue weighted by atomic mass is 16.2. The van der Waals surface area contributed by atoms with Crippen LogP contribution in [0.15, 0.2) is 18.7 Å². The van der Waals surface area contributed by atoms with E-state index in [2.05, 4.69) is 10.3 Å². The lowest BCUT2D eigenvalue weighted by molar-refractivity contribution is -0.127. The van der Waals surface area contributed by atoms with Crippen LogP contribution in [0.2, 0.25) is 0 Å². The minimum Gasteiger partial charge on any atom is -0.348 e. The van der Waals surface area contributed by atoms with E-state index in [4.69, 9.17) is 0 Å². The van der Waals surface area contributed by atoms with Crippen molar-refractivity contribution in [1.82, 2.24) is 19.8 Å². The third-order valence-corrected chi connectivity index (χ3v) is 1.88. The Bertz CT molecular complexity index is 268. The molecule has 0 aromatic carbocycles. The van der Waals surface area contributed by atoms with Gasteiger partial charge in [0, 0.05) is 39.6 Å². The van der Waals surface area contributed by atoms with Gasteiger partial charge in [0.05, 0.1) is 12.9 Å². The van der Waals surface area contributed by atoms with E-state index in [1.54, 1.807) is 31.5 Å². The molecule has 5 nitrogen and oxygen atoms in total. The topological polar surface area (TPSA) is 50.2 Å². The van der Waals surface area contributed by atoms with Gasteiger partial charge in [0.15, 0.2) is 0 Å². The number of likely N-dealkylation sites (N-methyl/N-ethyl adjacent to an activating group) is 1. The third kappa shape index (κ3) is 3.57. The summed E-state index contributed by atoms with van der Waals surface area (Å²) in [7, 11) is 3.50. The van der Waals surface area contributed by atoms with E-state index >= 15 is 0 Å². The molecule has 0 saturated heterocycles. The van der Waals surface area contributed by atoms with Crippen LogP contribution in [0.1, 0.15) is 0 Å². The second-order valence-corrected chi connectivity index (χ2v) is 3.27. The lowest BCUT2D eigenvalue weighted by Gasteiger charge is -2.10. The van der Waals surface area contributed by atoms with Crippen molar-refractivity contribution in [2.45, 2.75) is 6.54 Å². The van der Waals surface area contributed by atoms with Gasteiger partial charge in [-0.1, -0.05) is 0 Å². The fraction of sp³-hybridized carbons (Fsp3) is 0.556. The Morgan fingerprint density at radius 1 is 1.57 bits per heavy atom. The summed E-state index contributed by atoms with van der Waals surface area (Å²) < 4.78 is 1.97. The smallest absolute Gasteiger partial charge is 0.236 e. The molecule has 0 atom stereocenters. The Hall–Kier alpha value is -1.36. The van der Waals surface area contributed by atoms with E-state index in [9.17, 15) is 4.79 Å². The van der Waals surface area contributed by atoms with Gasteiger partial charge in [-0.15, -0.1) is 0 Å². The highest BCUT2D eigenvalue weighted by molar-refractivity contribution is 5.77. The maximum atomic E-state index is 11.1. The minimum absolute atomic E-state index is 0.0932. The summed E-state index contributed by atoms with van der Waals surface area (Å²) in [6, 6.07) is 0. The molecule has 1 N–H and O–H groups in total. The second-order valence-electron chi connectivity index (χ2n) is 3.27. The van der Waals surface area contributed by atoms with Crippen LogP contribution in [-0.2, 0) is 11.3 Å². The van der Waals surface area contributed by atoms with Crippen molar-refractivity contribution in [2.75, 3.05) is 27.2 Å². The molecular formula is C9H16N4O. The summed E-state index contributed by atoms with van der Waals surface area (Å²) in [5, 5.41) is 3.06. The molecule has 14 heavy (non-hydrogen) atoms. The molecule has 0 unspecified atom stereocenters. The van der Waals surface area contributed by atoms with Gasteiger partial charge in [-0.2, -0.15) is 0 Å². The molecule has 1 rings (SSSR count). The predicted molar refractivity (Wildman–Crippen MR) is 53.8 cm³/mol. The number of carbonyl (C=O) groups is 1. The van der Waals surface area contributed by atoms with E-state index in [1.807, 2.05) is 10.8 Å². The van der Waals surface area contributed by atoms with Gasteiger partial charge in [0.1, 0.15) is 0 Å². The number of nitrogens with one attached hydrogen (secondary N) is 1. The van der Waals surface area contributed by atoms with Crippen molar-refractivity contribution in [1.29, 1.82) is 0 Å². The molecule has 0 saturated carbocycles. The first-order valence-corrected chi connectivity index (χ1v) is 4.57. The molecule has 78 valence electrons. The highest BCUT2D eigenvalue weighted by Gasteiger charge is 2.01. The number of rotatable bonds is 5. The van der Waals surface area contributed by atoms with Crippen molar-refractivity contribution in [3.63, 3.8) is 0 Å². The van der Waals surface area contributed by atoms with Gasteiger partial charge in [-0.25, -0.2) is 4.98 Å². The molecular weight excluding hydrogens is 180 g/mol. The summed E-state index contributed by atoms with van der Waals surface area (Å²) in [4.78, 5) is 16.6. The molecule has 1 aromatic rings. The number of hydrogen-bond acceptors (Lipinski definition) is 3. The van der Waals surface area contributed by atoms with E-state index in [1.165, 1.54) is 0 Å². The average molecular weight is 196 g/mol. The van der Waals surface area contributed by atoms with Crippen LogP contribution < -0.4 is 5.32 Å². The summed E-state index contributed by atoms with van der Waals surface area (Å²) in [5.74, 6) is 0.0932. The number of hydrogen-bond donors (Lipinski definition) is 1. The number of carbonyl (C=O) groups excluding carboxylic acids is 1. The Labute approximate surface area is 83.7 Å². The summed E-state index contributed by atoms with van der Waals surface area (Å²) in [5.41, 5.74) is 0. The van der Waals surface area contributed by atoms with Crippen LogP contribution in [0.25, 0.3) is 0 Å². The second kappa shape index (κ2) is 5.39. The Morgan fingerprint density at radius 3 is 2.93 bits per heavy atom. The number of aromatic nitrogens is 2. The molecule has 0 bridgehead atoms. The molecule has 0 aliphatic heterocycles. The molecule has 0 aliphatic rings. The van der Waals surface area contributed by atoms with Crippen LogP contribution in [0.4, 0.5) is 0 Å². The molecule has 0 radical (unpaired) electrons. The molecule has 0 fully saturated rings. The van der Waals surface area contributed by atoms with Crippen LogP contribution in [0.3, 0.4) is 0 Å². The van der Waals surface area contributed by atoms with Gasteiger partial charge in [0.2, 0.25) is 5.91 Å². The zero-order valence-electron chi connectivity index (χ0n) is 8.60. The molecule has 1 amide bonds. The monoisotopic (exact) mass is 196 g/mol. The van der Waals surface area contributed by atoms with Crippen molar-refractivity contribution in [3.05, 3.63) is 18.7 Å². The third-order valence-electron chi connectivity index (χ3n) is 1.88. The molecule has 0 aliphatic carbocycles. The highest BCUT2D eigenvalue weighted by Crippen LogP contribution is 1.83. The van der Waals surface area contributed by atoms with Crippen LogP contribution in [0.5, 0.6) is 0 Å². The van der Waals surface area contributed by atoms with Gasteiger partial charge in [-0.05, 0) is 0 Å². The van der Waals surface area contributed by atoms with Crippen molar-refractivity contribution in [2.24, 2.45) is 0 Å².